The summed E-state index contributed by atoms with van der Waals surface area (Å²) in [6, 6.07) is 14.2. The molecular formula is C24H24FN7O3. The molecule has 4 rings (SSSR count). The number of benzene rings is 2. The lowest BCUT2D eigenvalue weighted by Gasteiger charge is -2.20. The average Bonchev–Trinajstić information content (AvgIpc) is 3.24. The number of rotatable bonds is 9. The number of pyridine rings is 1. The van der Waals surface area contributed by atoms with E-state index in [4.69, 9.17) is 20.6 Å². The minimum absolute atomic E-state index is 0.0509. The highest BCUT2D eigenvalue weighted by atomic mass is 19.1. The monoisotopic (exact) mass is 477 g/mol. The van der Waals surface area contributed by atoms with Crippen molar-refractivity contribution in [2.75, 3.05) is 19.0 Å². The Morgan fingerprint density at radius 3 is 2.66 bits per heavy atom. The van der Waals surface area contributed by atoms with E-state index in [1.54, 1.807) is 43.5 Å². The number of anilines is 1. The quantitative estimate of drug-likeness (QED) is 0.214. The van der Waals surface area contributed by atoms with E-state index in [-0.39, 0.29) is 17.5 Å². The SMILES string of the molecule is CCOc1cc([C@H](Nc2ccc(C(=N)N)cc2)c2nn(-c3ncccc3F)c(=O)[nH]2)ccc1OC. The number of H-pyrrole nitrogens is 1. The van der Waals surface area contributed by atoms with Gasteiger partial charge in [0.05, 0.1) is 13.7 Å². The van der Waals surface area contributed by atoms with Crippen molar-refractivity contribution >= 4 is 11.5 Å². The van der Waals surface area contributed by atoms with Crippen LogP contribution in [-0.2, 0) is 0 Å². The minimum atomic E-state index is -0.680. The number of ether oxygens (including phenoxy) is 2. The summed E-state index contributed by atoms with van der Waals surface area (Å²) in [5.74, 6) is 0.348. The smallest absolute Gasteiger partial charge is 0.349 e. The molecule has 0 aliphatic heterocycles. The molecule has 10 nitrogen and oxygen atoms in total. The molecule has 5 N–H and O–H groups in total. The standard InChI is InChI=1S/C24H24FN7O3/c1-3-35-19-13-15(8-11-18(19)34-2)20(29-16-9-6-14(7-10-16)21(26)27)22-30-24(33)32(31-22)23-17(25)5-4-12-28-23/h4-13,20,29H,3H2,1-2H3,(H3,26,27)(H,30,31,33)/t20-/m0/s1. The Hall–Kier alpha value is -4.67. The number of methoxy groups -OCH3 is 1. The van der Waals surface area contributed by atoms with E-state index in [1.807, 2.05) is 13.0 Å². The Kier molecular flexibility index (Phi) is 6.76. The van der Waals surface area contributed by atoms with Crippen LogP contribution in [0.3, 0.4) is 0 Å². The number of halogens is 1. The molecule has 2 aromatic carbocycles. The Balaban J connectivity index is 1.80. The van der Waals surface area contributed by atoms with Gasteiger partial charge in [-0.1, -0.05) is 6.07 Å². The number of aromatic nitrogens is 4. The summed E-state index contributed by atoms with van der Waals surface area (Å²) < 4.78 is 26.3. The van der Waals surface area contributed by atoms with Gasteiger partial charge >= 0.3 is 5.69 Å². The van der Waals surface area contributed by atoms with Gasteiger partial charge in [0.25, 0.3) is 0 Å². The van der Waals surface area contributed by atoms with Crippen molar-refractivity contribution < 1.29 is 13.9 Å². The molecule has 0 spiro atoms. The first-order chi connectivity index (χ1) is 16.9. The van der Waals surface area contributed by atoms with Crippen LogP contribution in [0.25, 0.3) is 5.82 Å². The summed E-state index contributed by atoms with van der Waals surface area (Å²) in [7, 11) is 1.55. The van der Waals surface area contributed by atoms with Gasteiger partial charge in [0.2, 0.25) is 0 Å². The number of hydrogen-bond donors (Lipinski definition) is 4. The predicted octanol–water partition coefficient (Wildman–Crippen LogP) is 2.99. The number of nitrogen functional groups attached to an aromatic ring is 1. The van der Waals surface area contributed by atoms with Crippen molar-refractivity contribution in [1.29, 1.82) is 5.41 Å². The molecular weight excluding hydrogens is 453 g/mol. The maximum Gasteiger partial charge on any atom is 0.349 e. The number of aromatic amines is 1. The largest absolute Gasteiger partial charge is 0.493 e. The van der Waals surface area contributed by atoms with E-state index in [1.165, 1.54) is 18.3 Å². The van der Waals surface area contributed by atoms with E-state index in [0.29, 0.717) is 34.9 Å². The van der Waals surface area contributed by atoms with Gasteiger partial charge in [-0.2, -0.15) is 4.68 Å². The van der Waals surface area contributed by atoms with Gasteiger partial charge in [0.1, 0.15) is 11.9 Å². The van der Waals surface area contributed by atoms with Gasteiger partial charge < -0.3 is 20.5 Å². The van der Waals surface area contributed by atoms with Crippen LogP contribution in [0.5, 0.6) is 11.5 Å². The second kappa shape index (κ2) is 10.1. The summed E-state index contributed by atoms with van der Waals surface area (Å²) in [5, 5.41) is 15.2. The third-order valence-corrected chi connectivity index (χ3v) is 5.18. The number of nitrogens with two attached hydrogens (primary N) is 1. The zero-order valence-electron chi connectivity index (χ0n) is 19.1. The Morgan fingerprint density at radius 1 is 1.23 bits per heavy atom. The first-order valence-corrected chi connectivity index (χ1v) is 10.7. The normalized spacial score (nSPS) is 11.6. The molecule has 0 fully saturated rings. The van der Waals surface area contributed by atoms with Crippen molar-refractivity contribution in [1.82, 2.24) is 19.7 Å². The minimum Gasteiger partial charge on any atom is -0.493 e. The average molecular weight is 478 g/mol. The lowest BCUT2D eigenvalue weighted by molar-refractivity contribution is 0.310. The summed E-state index contributed by atoms with van der Waals surface area (Å²) in [5.41, 5.74) is 6.85. The molecule has 0 unspecified atom stereocenters. The van der Waals surface area contributed by atoms with Crippen LogP contribution in [0.2, 0.25) is 0 Å². The van der Waals surface area contributed by atoms with Gasteiger partial charge in [0.15, 0.2) is 29.0 Å². The van der Waals surface area contributed by atoms with Crippen LogP contribution in [0.15, 0.2) is 65.6 Å². The number of nitrogens with zero attached hydrogens (tertiary/aromatic N) is 3. The molecule has 4 aromatic rings. The van der Waals surface area contributed by atoms with Gasteiger partial charge in [-0.15, -0.1) is 5.10 Å². The third kappa shape index (κ3) is 4.98. The van der Waals surface area contributed by atoms with Crippen molar-refractivity contribution in [2.45, 2.75) is 13.0 Å². The molecule has 0 aliphatic rings. The molecule has 1 atom stereocenters. The number of nitrogens with one attached hydrogen (secondary N) is 3. The second-order valence-corrected chi connectivity index (χ2v) is 7.45. The highest BCUT2D eigenvalue weighted by molar-refractivity contribution is 5.95. The number of hydrogen-bond acceptors (Lipinski definition) is 7. The van der Waals surface area contributed by atoms with Crippen molar-refractivity contribution in [3.05, 3.63) is 94.0 Å². The zero-order valence-corrected chi connectivity index (χ0v) is 19.1. The molecule has 35 heavy (non-hydrogen) atoms. The van der Waals surface area contributed by atoms with Crippen molar-refractivity contribution in [2.24, 2.45) is 5.73 Å². The topological polar surface area (TPSA) is 144 Å². The van der Waals surface area contributed by atoms with Gasteiger partial charge in [-0.25, -0.2) is 14.2 Å². The molecule has 0 amide bonds. The van der Waals surface area contributed by atoms with E-state index in [9.17, 15) is 9.18 Å². The van der Waals surface area contributed by atoms with E-state index in [2.05, 4.69) is 20.4 Å². The van der Waals surface area contributed by atoms with Crippen molar-refractivity contribution in [3.8, 4) is 17.3 Å². The molecule has 0 saturated heterocycles. The summed E-state index contributed by atoms with van der Waals surface area (Å²) in [4.78, 5) is 19.3. The summed E-state index contributed by atoms with van der Waals surface area (Å²) in [6.07, 6.45) is 1.38. The Labute approximate surface area is 200 Å². The van der Waals surface area contributed by atoms with Crippen LogP contribution in [0, 0.1) is 11.2 Å². The fourth-order valence-electron chi connectivity index (χ4n) is 3.51. The Morgan fingerprint density at radius 2 is 2.00 bits per heavy atom. The fourth-order valence-corrected chi connectivity index (χ4v) is 3.51. The predicted molar refractivity (Wildman–Crippen MR) is 129 cm³/mol. The zero-order chi connectivity index (χ0) is 24.9. The fraction of sp³-hybridized carbons (Fsp3) is 0.167. The third-order valence-electron chi connectivity index (χ3n) is 5.18. The van der Waals surface area contributed by atoms with E-state index in [0.717, 1.165) is 4.68 Å². The lowest BCUT2D eigenvalue weighted by Crippen LogP contribution is -2.18. The molecule has 0 radical (unpaired) electrons. The second-order valence-electron chi connectivity index (χ2n) is 7.45. The summed E-state index contributed by atoms with van der Waals surface area (Å²) in [6.45, 7) is 2.29. The van der Waals surface area contributed by atoms with Crippen molar-refractivity contribution in [3.63, 3.8) is 0 Å². The maximum absolute atomic E-state index is 14.3. The first-order valence-electron chi connectivity index (χ1n) is 10.7. The van der Waals surface area contributed by atoms with Gasteiger partial charge in [0, 0.05) is 17.4 Å². The molecule has 0 saturated carbocycles. The lowest BCUT2D eigenvalue weighted by atomic mass is 10.0. The van der Waals surface area contributed by atoms with E-state index < -0.39 is 17.5 Å². The molecule has 2 heterocycles. The van der Waals surface area contributed by atoms with Crippen LogP contribution in [0.1, 0.15) is 29.9 Å². The summed E-state index contributed by atoms with van der Waals surface area (Å²) >= 11 is 0. The Bertz CT molecular complexity index is 1400. The van der Waals surface area contributed by atoms with Crippen LogP contribution in [-0.4, -0.2) is 39.3 Å². The highest BCUT2D eigenvalue weighted by Gasteiger charge is 2.23. The van der Waals surface area contributed by atoms with E-state index >= 15 is 0 Å². The molecule has 0 aliphatic carbocycles. The highest BCUT2D eigenvalue weighted by Crippen LogP contribution is 2.33. The van der Waals surface area contributed by atoms with Gasteiger partial charge in [-0.05, 0) is 61.0 Å². The molecule has 180 valence electrons. The maximum atomic E-state index is 14.3. The van der Waals surface area contributed by atoms with Crippen LogP contribution < -0.4 is 26.2 Å². The molecule has 2 aromatic heterocycles. The number of amidine groups is 1. The van der Waals surface area contributed by atoms with Gasteiger partial charge in [-0.3, -0.25) is 10.4 Å². The van der Waals surface area contributed by atoms with Crippen LogP contribution >= 0.6 is 0 Å². The molecule has 0 bridgehead atoms. The first kappa shape index (κ1) is 23.5. The van der Waals surface area contributed by atoms with Crippen LogP contribution in [0.4, 0.5) is 10.1 Å². The molecule has 11 heteroatoms.